The molecule has 2 atom stereocenters. The molecular weight excluding hydrogens is 314 g/mol. The van der Waals surface area contributed by atoms with Crippen LogP contribution in [0.4, 0.5) is 0 Å². The largest absolute Gasteiger partial charge is 0.491 e. The number of fused-ring (bicyclic) bond motifs is 2. The third kappa shape index (κ3) is 3.15. The summed E-state index contributed by atoms with van der Waals surface area (Å²) in [5.41, 5.74) is 0.755. The molecule has 1 aromatic heterocycles. The van der Waals surface area contributed by atoms with Crippen molar-refractivity contribution in [1.29, 1.82) is 0 Å². The molecule has 2 aliphatic heterocycles. The Bertz CT molecular complexity index is 710. The maximum atomic E-state index is 13.0. The molecule has 2 fully saturated rings. The van der Waals surface area contributed by atoms with Crippen LogP contribution < -0.4 is 4.74 Å². The molecule has 2 unspecified atom stereocenters. The van der Waals surface area contributed by atoms with Crippen LogP contribution in [0.2, 0.25) is 0 Å². The SMILES string of the molecule is CC(C)Oc1ccc(C(=O)N2C3CCC2CC(n2cccn2)C3)cc1. The average molecular weight is 339 g/mol. The predicted octanol–water partition coefficient (Wildman–Crippen LogP) is 3.68. The fourth-order valence-corrected chi connectivity index (χ4v) is 4.29. The Balaban J connectivity index is 1.48. The van der Waals surface area contributed by atoms with Crippen molar-refractivity contribution >= 4 is 5.91 Å². The Morgan fingerprint density at radius 1 is 1.12 bits per heavy atom. The lowest BCUT2D eigenvalue weighted by atomic mass is 9.96. The van der Waals surface area contributed by atoms with Crippen LogP contribution in [0.15, 0.2) is 42.7 Å². The second-order valence-electron chi connectivity index (χ2n) is 7.40. The van der Waals surface area contributed by atoms with Gasteiger partial charge in [0.15, 0.2) is 0 Å². The molecule has 5 nitrogen and oxygen atoms in total. The molecule has 1 aromatic carbocycles. The van der Waals surface area contributed by atoms with E-state index in [1.807, 2.05) is 56.6 Å². The van der Waals surface area contributed by atoms with Crippen molar-refractivity contribution in [2.24, 2.45) is 0 Å². The molecule has 0 saturated carbocycles. The highest BCUT2D eigenvalue weighted by molar-refractivity contribution is 5.95. The number of hydrogen-bond acceptors (Lipinski definition) is 3. The van der Waals surface area contributed by atoms with Gasteiger partial charge in [-0.3, -0.25) is 9.48 Å². The zero-order valence-corrected chi connectivity index (χ0v) is 14.8. The summed E-state index contributed by atoms with van der Waals surface area (Å²) in [7, 11) is 0. The summed E-state index contributed by atoms with van der Waals surface area (Å²) in [5.74, 6) is 0.967. The van der Waals surface area contributed by atoms with Crippen LogP contribution in [0.25, 0.3) is 0 Å². The van der Waals surface area contributed by atoms with Crippen molar-refractivity contribution in [3.63, 3.8) is 0 Å². The van der Waals surface area contributed by atoms with E-state index in [4.69, 9.17) is 4.74 Å². The summed E-state index contributed by atoms with van der Waals surface area (Å²) in [5, 5.41) is 4.40. The van der Waals surface area contributed by atoms with E-state index in [9.17, 15) is 4.79 Å². The molecule has 2 aromatic rings. The third-order valence-electron chi connectivity index (χ3n) is 5.31. The van der Waals surface area contributed by atoms with Crippen LogP contribution in [0, 0.1) is 0 Å². The Morgan fingerprint density at radius 3 is 2.36 bits per heavy atom. The van der Waals surface area contributed by atoms with Crippen LogP contribution >= 0.6 is 0 Å². The molecule has 1 amide bonds. The minimum absolute atomic E-state index is 0.138. The average Bonchev–Trinajstić information content (AvgIpc) is 3.21. The summed E-state index contributed by atoms with van der Waals surface area (Å²) in [4.78, 5) is 15.2. The number of carbonyl (C=O) groups is 1. The van der Waals surface area contributed by atoms with Gasteiger partial charge in [0.2, 0.25) is 0 Å². The summed E-state index contributed by atoms with van der Waals surface area (Å²) >= 11 is 0. The molecule has 0 spiro atoms. The van der Waals surface area contributed by atoms with Gasteiger partial charge in [0, 0.05) is 30.0 Å². The van der Waals surface area contributed by atoms with E-state index in [0.717, 1.165) is 37.0 Å². The number of carbonyl (C=O) groups excluding carboxylic acids is 1. The minimum Gasteiger partial charge on any atom is -0.491 e. The molecule has 2 aliphatic rings. The molecule has 0 N–H and O–H groups in total. The minimum atomic E-state index is 0.138. The standard InChI is InChI=1S/C20H25N3O2/c1-14(2)25-19-8-4-15(5-9-19)20(24)23-16-6-7-17(23)13-18(12-16)22-11-3-10-21-22/h3-5,8-11,14,16-18H,6-7,12-13H2,1-2H3. The van der Waals surface area contributed by atoms with Gasteiger partial charge in [0.05, 0.1) is 12.1 Å². The lowest BCUT2D eigenvalue weighted by molar-refractivity contribution is 0.0524. The number of aromatic nitrogens is 2. The Labute approximate surface area is 148 Å². The maximum absolute atomic E-state index is 13.0. The van der Waals surface area contributed by atoms with E-state index in [0.29, 0.717) is 18.1 Å². The second-order valence-corrected chi connectivity index (χ2v) is 7.40. The monoisotopic (exact) mass is 339 g/mol. The van der Waals surface area contributed by atoms with Gasteiger partial charge in [0.1, 0.15) is 5.75 Å². The first-order chi connectivity index (χ1) is 12.1. The van der Waals surface area contributed by atoms with E-state index >= 15 is 0 Å². The van der Waals surface area contributed by atoms with Crippen molar-refractivity contribution < 1.29 is 9.53 Å². The van der Waals surface area contributed by atoms with Gasteiger partial charge in [-0.1, -0.05) is 0 Å². The van der Waals surface area contributed by atoms with E-state index in [1.165, 1.54) is 0 Å². The van der Waals surface area contributed by atoms with Crippen LogP contribution in [-0.4, -0.2) is 38.8 Å². The van der Waals surface area contributed by atoms with Gasteiger partial charge in [-0.25, -0.2) is 0 Å². The number of piperidine rings is 1. The Hall–Kier alpha value is -2.30. The van der Waals surface area contributed by atoms with Crippen molar-refractivity contribution in [2.45, 2.75) is 63.8 Å². The van der Waals surface area contributed by atoms with Crippen molar-refractivity contribution in [1.82, 2.24) is 14.7 Å². The molecule has 5 heteroatoms. The predicted molar refractivity (Wildman–Crippen MR) is 95.7 cm³/mol. The van der Waals surface area contributed by atoms with E-state index < -0.39 is 0 Å². The molecule has 2 saturated heterocycles. The normalized spacial score (nSPS) is 25.4. The van der Waals surface area contributed by atoms with Crippen molar-refractivity contribution in [2.75, 3.05) is 0 Å². The van der Waals surface area contributed by atoms with Gasteiger partial charge >= 0.3 is 0 Å². The number of hydrogen-bond donors (Lipinski definition) is 0. The zero-order chi connectivity index (χ0) is 17.4. The number of nitrogens with zero attached hydrogens (tertiary/aromatic N) is 3. The summed E-state index contributed by atoms with van der Waals surface area (Å²) in [6.45, 7) is 4.00. The Morgan fingerprint density at radius 2 is 1.80 bits per heavy atom. The molecule has 25 heavy (non-hydrogen) atoms. The smallest absolute Gasteiger partial charge is 0.254 e. The fourth-order valence-electron chi connectivity index (χ4n) is 4.29. The van der Waals surface area contributed by atoms with Gasteiger partial charge in [0.25, 0.3) is 5.91 Å². The van der Waals surface area contributed by atoms with Crippen LogP contribution in [-0.2, 0) is 0 Å². The van der Waals surface area contributed by atoms with Gasteiger partial charge < -0.3 is 9.64 Å². The highest BCUT2D eigenvalue weighted by Gasteiger charge is 2.44. The first-order valence-corrected chi connectivity index (χ1v) is 9.20. The Kier molecular flexibility index (Phi) is 4.24. The molecule has 3 heterocycles. The first-order valence-electron chi connectivity index (χ1n) is 9.20. The van der Waals surface area contributed by atoms with Crippen molar-refractivity contribution in [3.8, 4) is 5.75 Å². The summed E-state index contributed by atoms with van der Waals surface area (Å²) in [6.07, 6.45) is 8.20. The topological polar surface area (TPSA) is 47.4 Å². The van der Waals surface area contributed by atoms with Gasteiger partial charge in [-0.2, -0.15) is 5.10 Å². The molecule has 2 bridgehead atoms. The van der Waals surface area contributed by atoms with Crippen LogP contribution in [0.3, 0.4) is 0 Å². The molecule has 4 rings (SSSR count). The van der Waals surface area contributed by atoms with Crippen LogP contribution in [0.5, 0.6) is 5.75 Å². The zero-order valence-electron chi connectivity index (χ0n) is 14.8. The second kappa shape index (κ2) is 6.54. The highest BCUT2D eigenvalue weighted by atomic mass is 16.5. The van der Waals surface area contributed by atoms with E-state index in [1.54, 1.807) is 0 Å². The number of benzene rings is 1. The summed E-state index contributed by atoms with van der Waals surface area (Å²) in [6, 6.07) is 10.6. The molecule has 0 radical (unpaired) electrons. The molecule has 132 valence electrons. The maximum Gasteiger partial charge on any atom is 0.254 e. The number of rotatable bonds is 4. The van der Waals surface area contributed by atoms with Gasteiger partial charge in [-0.05, 0) is 69.9 Å². The lowest BCUT2D eigenvalue weighted by Crippen LogP contribution is -2.47. The highest BCUT2D eigenvalue weighted by Crippen LogP contribution is 2.41. The van der Waals surface area contributed by atoms with E-state index in [-0.39, 0.29) is 12.0 Å². The van der Waals surface area contributed by atoms with E-state index in [2.05, 4.69) is 14.7 Å². The molecular formula is C20H25N3O2. The molecule has 0 aliphatic carbocycles. The third-order valence-corrected chi connectivity index (χ3v) is 5.31. The number of amides is 1. The summed E-state index contributed by atoms with van der Waals surface area (Å²) < 4.78 is 7.73. The van der Waals surface area contributed by atoms with Crippen LogP contribution in [0.1, 0.15) is 55.9 Å². The van der Waals surface area contributed by atoms with Crippen molar-refractivity contribution in [3.05, 3.63) is 48.3 Å². The quantitative estimate of drug-likeness (QED) is 0.854. The first kappa shape index (κ1) is 16.2. The number of ether oxygens (including phenoxy) is 1. The van der Waals surface area contributed by atoms with Gasteiger partial charge in [-0.15, -0.1) is 0 Å². The fraction of sp³-hybridized carbons (Fsp3) is 0.500. The lowest BCUT2D eigenvalue weighted by Gasteiger charge is -2.39.